The van der Waals surface area contributed by atoms with E-state index in [-0.39, 0.29) is 12.4 Å². The van der Waals surface area contributed by atoms with Crippen LogP contribution < -0.4 is 0 Å². The molecule has 0 spiro atoms. The summed E-state index contributed by atoms with van der Waals surface area (Å²) in [5.74, 6) is 0.128. The van der Waals surface area contributed by atoms with E-state index < -0.39 is 10.3 Å². The number of nitrogens with zero attached hydrogens (tertiary/aromatic N) is 1. The number of nitro groups is 1. The van der Waals surface area contributed by atoms with Crippen molar-refractivity contribution in [2.24, 2.45) is 0 Å². The van der Waals surface area contributed by atoms with Gasteiger partial charge in [0.05, 0.1) is 0 Å². The number of halogens is 2. The third-order valence-corrected chi connectivity index (χ3v) is 1.34. The second kappa shape index (κ2) is 3.92. The molecule has 8 heavy (non-hydrogen) atoms. The molecule has 5 heteroatoms. The first-order chi connectivity index (χ1) is 3.66. The van der Waals surface area contributed by atoms with Gasteiger partial charge in [-0.1, -0.05) is 0 Å². The maximum absolute atomic E-state index is 9.63. The zero-order valence-corrected chi connectivity index (χ0v) is 5.52. The van der Waals surface area contributed by atoms with Gasteiger partial charge in [-0.2, -0.15) is 0 Å². The van der Waals surface area contributed by atoms with Gasteiger partial charge in [0.15, 0.2) is 0 Å². The van der Waals surface area contributed by atoms with Crippen LogP contribution in [0.4, 0.5) is 0 Å². The first-order valence-corrected chi connectivity index (χ1v) is 2.95. The van der Waals surface area contributed by atoms with Gasteiger partial charge in [-0.15, -0.1) is 23.2 Å². The van der Waals surface area contributed by atoms with Crippen molar-refractivity contribution in [3.05, 3.63) is 10.1 Å². The van der Waals surface area contributed by atoms with E-state index in [0.717, 1.165) is 0 Å². The second-order valence-corrected chi connectivity index (χ2v) is 2.19. The molecule has 0 N–H and O–H groups in total. The molecule has 0 aliphatic rings. The lowest BCUT2D eigenvalue weighted by Crippen LogP contribution is -2.14. The molecule has 0 amide bonds. The highest BCUT2D eigenvalue weighted by molar-refractivity contribution is 6.28. The van der Waals surface area contributed by atoms with E-state index in [0.29, 0.717) is 0 Å². The summed E-state index contributed by atoms with van der Waals surface area (Å²) in [4.78, 5) is 9.15. The van der Waals surface area contributed by atoms with Gasteiger partial charge in [0.1, 0.15) is 5.38 Å². The summed E-state index contributed by atoms with van der Waals surface area (Å²) in [7, 11) is 0. The van der Waals surface area contributed by atoms with Gasteiger partial charge in [0, 0.05) is 10.8 Å². The number of hydrogen-bond acceptors (Lipinski definition) is 2. The van der Waals surface area contributed by atoms with Crippen LogP contribution in [-0.2, 0) is 0 Å². The van der Waals surface area contributed by atoms with Crippen LogP contribution in [0.15, 0.2) is 0 Å². The molecule has 0 aromatic heterocycles. The summed E-state index contributed by atoms with van der Waals surface area (Å²) < 4.78 is 0. The van der Waals surface area contributed by atoms with Crippen molar-refractivity contribution in [3.63, 3.8) is 0 Å². The van der Waals surface area contributed by atoms with E-state index in [9.17, 15) is 10.1 Å². The van der Waals surface area contributed by atoms with Crippen molar-refractivity contribution >= 4 is 23.2 Å². The maximum atomic E-state index is 9.63. The molecule has 0 aliphatic heterocycles. The Labute approximate surface area is 56.7 Å². The minimum Gasteiger partial charge on any atom is -0.264 e. The van der Waals surface area contributed by atoms with Crippen molar-refractivity contribution in [1.82, 2.24) is 0 Å². The van der Waals surface area contributed by atoms with Crippen LogP contribution in [0.2, 0.25) is 0 Å². The lowest BCUT2D eigenvalue weighted by atomic mass is 10.5. The number of hydrogen-bond donors (Lipinski definition) is 0. The molecule has 3 nitrogen and oxygen atoms in total. The Kier molecular flexibility index (Phi) is 3.91. The van der Waals surface area contributed by atoms with Gasteiger partial charge in [-0.05, 0) is 0 Å². The first kappa shape index (κ1) is 7.98. The molecule has 0 aromatic carbocycles. The van der Waals surface area contributed by atoms with Crippen LogP contribution in [0.1, 0.15) is 0 Å². The average Bonchev–Trinajstić information content (AvgIpc) is 1.65. The van der Waals surface area contributed by atoms with Gasteiger partial charge < -0.3 is 0 Å². The molecule has 0 unspecified atom stereocenters. The van der Waals surface area contributed by atoms with Crippen LogP contribution in [0.3, 0.4) is 0 Å². The summed E-state index contributed by atoms with van der Waals surface area (Å²) in [6, 6.07) is 0. The Balaban J connectivity index is 3.24. The molecule has 0 heterocycles. The summed E-state index contributed by atoms with van der Waals surface area (Å²) in [6.45, 7) is -0.259. The Morgan fingerprint density at radius 2 is 2.25 bits per heavy atom. The lowest BCUT2D eigenvalue weighted by Gasteiger charge is -1.94. The van der Waals surface area contributed by atoms with E-state index in [4.69, 9.17) is 23.2 Å². The predicted octanol–water partition coefficient (Wildman–Crippen LogP) is 1.11. The fourth-order valence-electron chi connectivity index (χ4n) is 0.211. The summed E-state index contributed by atoms with van der Waals surface area (Å²) >= 11 is 10.4. The van der Waals surface area contributed by atoms with Crippen LogP contribution in [0, 0.1) is 10.1 Å². The molecule has 0 saturated carbocycles. The highest BCUT2D eigenvalue weighted by atomic mass is 35.5. The standard InChI is InChI=1S/C3H5Cl2NO2/c4-1-3(5)2-6(7)8/h3H,1-2H2/t3-/m1/s1. The van der Waals surface area contributed by atoms with Crippen LogP contribution in [-0.4, -0.2) is 22.7 Å². The summed E-state index contributed by atoms with van der Waals surface area (Å²) in [5.41, 5.74) is 0. The molecule has 0 bridgehead atoms. The third-order valence-electron chi connectivity index (χ3n) is 0.515. The fourth-order valence-corrected chi connectivity index (χ4v) is 0.421. The lowest BCUT2D eigenvalue weighted by molar-refractivity contribution is -0.478. The molecule has 0 radical (unpaired) electrons. The Hall–Kier alpha value is -0.0200. The SMILES string of the molecule is O=[N+]([O-])C[C@H](Cl)CCl. The van der Waals surface area contributed by atoms with Crippen LogP contribution in [0.25, 0.3) is 0 Å². The average molecular weight is 158 g/mol. The van der Waals surface area contributed by atoms with E-state index >= 15 is 0 Å². The molecule has 0 aliphatic carbocycles. The summed E-state index contributed by atoms with van der Waals surface area (Å²) in [6.07, 6.45) is 0. The normalized spacial score (nSPS) is 13.2. The summed E-state index contributed by atoms with van der Waals surface area (Å²) in [5, 5.41) is 9.10. The topological polar surface area (TPSA) is 43.1 Å². The molecule has 0 fully saturated rings. The quantitative estimate of drug-likeness (QED) is 0.350. The van der Waals surface area contributed by atoms with Crippen molar-refractivity contribution in [2.45, 2.75) is 5.38 Å². The molecule has 0 saturated heterocycles. The zero-order chi connectivity index (χ0) is 6.57. The predicted molar refractivity (Wildman–Crippen MR) is 32.2 cm³/mol. The van der Waals surface area contributed by atoms with Crippen molar-refractivity contribution in [2.75, 3.05) is 12.4 Å². The Morgan fingerprint density at radius 1 is 1.75 bits per heavy atom. The minimum atomic E-state index is -0.535. The fraction of sp³-hybridized carbons (Fsp3) is 1.00. The molecule has 1 atom stereocenters. The number of rotatable bonds is 3. The third kappa shape index (κ3) is 4.15. The van der Waals surface area contributed by atoms with Crippen molar-refractivity contribution in [1.29, 1.82) is 0 Å². The van der Waals surface area contributed by atoms with E-state index in [1.165, 1.54) is 0 Å². The minimum absolute atomic E-state index is 0.128. The largest absolute Gasteiger partial charge is 0.264 e. The Morgan fingerprint density at radius 3 is 2.38 bits per heavy atom. The Bertz CT molecular complexity index is 87.4. The van der Waals surface area contributed by atoms with Crippen LogP contribution >= 0.6 is 23.2 Å². The van der Waals surface area contributed by atoms with Gasteiger partial charge in [-0.3, -0.25) is 10.1 Å². The zero-order valence-electron chi connectivity index (χ0n) is 4.01. The molecular weight excluding hydrogens is 153 g/mol. The smallest absolute Gasteiger partial charge is 0.221 e. The molecule has 0 rings (SSSR count). The van der Waals surface area contributed by atoms with E-state index in [1.54, 1.807) is 0 Å². The van der Waals surface area contributed by atoms with Gasteiger partial charge in [-0.25, -0.2) is 0 Å². The maximum Gasteiger partial charge on any atom is 0.221 e. The second-order valence-electron chi connectivity index (χ2n) is 1.27. The van der Waals surface area contributed by atoms with Gasteiger partial charge >= 0.3 is 0 Å². The number of alkyl halides is 2. The van der Waals surface area contributed by atoms with E-state index in [1.807, 2.05) is 0 Å². The molecular formula is C3H5Cl2NO2. The van der Waals surface area contributed by atoms with Crippen molar-refractivity contribution in [3.8, 4) is 0 Å². The van der Waals surface area contributed by atoms with Crippen LogP contribution in [0.5, 0.6) is 0 Å². The monoisotopic (exact) mass is 157 g/mol. The highest BCUT2D eigenvalue weighted by Gasteiger charge is 2.08. The van der Waals surface area contributed by atoms with Crippen molar-refractivity contribution < 1.29 is 4.92 Å². The van der Waals surface area contributed by atoms with Gasteiger partial charge in [0.25, 0.3) is 0 Å². The molecule has 48 valence electrons. The van der Waals surface area contributed by atoms with Gasteiger partial charge in [0.2, 0.25) is 6.54 Å². The highest BCUT2D eigenvalue weighted by Crippen LogP contribution is 1.97. The first-order valence-electron chi connectivity index (χ1n) is 1.98. The molecule has 0 aromatic rings. The van der Waals surface area contributed by atoms with E-state index in [2.05, 4.69) is 0 Å².